The zero-order valence-electron chi connectivity index (χ0n) is 10.8. The van der Waals surface area contributed by atoms with E-state index in [1.54, 1.807) is 0 Å². The first-order chi connectivity index (χ1) is 7.78. The van der Waals surface area contributed by atoms with Crippen LogP contribution in [0.15, 0.2) is 0 Å². The molecule has 0 aromatic carbocycles. The molecule has 0 aromatic rings. The maximum absolute atomic E-state index is 5.46. The van der Waals surface area contributed by atoms with Gasteiger partial charge in [0.15, 0.2) is 0 Å². The van der Waals surface area contributed by atoms with Crippen LogP contribution in [0, 0.1) is 5.92 Å². The van der Waals surface area contributed by atoms with Crippen LogP contribution in [0.25, 0.3) is 0 Å². The Balaban J connectivity index is 1.85. The molecule has 2 aliphatic heterocycles. The van der Waals surface area contributed by atoms with E-state index in [1.165, 1.54) is 38.9 Å². The fraction of sp³-hybridized carbons (Fsp3) is 1.00. The third kappa shape index (κ3) is 2.76. The lowest BCUT2D eigenvalue weighted by atomic mass is 9.90. The summed E-state index contributed by atoms with van der Waals surface area (Å²) in [7, 11) is 0. The highest BCUT2D eigenvalue weighted by Gasteiger charge is 2.32. The summed E-state index contributed by atoms with van der Waals surface area (Å²) in [6, 6.07) is 0. The molecule has 3 heteroatoms. The molecule has 2 fully saturated rings. The van der Waals surface area contributed by atoms with Crippen molar-refractivity contribution in [2.75, 3.05) is 39.4 Å². The summed E-state index contributed by atoms with van der Waals surface area (Å²) in [5.41, 5.74) is 0.373. The van der Waals surface area contributed by atoms with Crippen molar-refractivity contribution < 1.29 is 4.74 Å². The molecule has 2 aliphatic rings. The fourth-order valence-electron chi connectivity index (χ4n) is 3.01. The number of piperazine rings is 1. The molecule has 0 spiro atoms. The predicted octanol–water partition coefficient (Wildman–Crippen LogP) is 1.49. The summed E-state index contributed by atoms with van der Waals surface area (Å²) in [4.78, 5) is 2.64. The first kappa shape index (κ1) is 12.3. The second-order valence-corrected chi connectivity index (χ2v) is 5.38. The van der Waals surface area contributed by atoms with E-state index in [0.29, 0.717) is 5.54 Å². The second kappa shape index (κ2) is 5.48. The summed E-state index contributed by atoms with van der Waals surface area (Å²) in [6.07, 6.45) is 3.73. The lowest BCUT2D eigenvalue weighted by Gasteiger charge is -2.43. The topological polar surface area (TPSA) is 24.5 Å². The van der Waals surface area contributed by atoms with Crippen molar-refractivity contribution in [3.63, 3.8) is 0 Å². The van der Waals surface area contributed by atoms with E-state index < -0.39 is 0 Å². The Morgan fingerprint density at radius 2 is 2.19 bits per heavy atom. The third-order valence-corrected chi connectivity index (χ3v) is 4.35. The number of hydrogen-bond acceptors (Lipinski definition) is 3. The highest BCUT2D eigenvalue weighted by molar-refractivity contribution is 4.93. The van der Waals surface area contributed by atoms with Gasteiger partial charge in [-0.05, 0) is 25.2 Å². The quantitative estimate of drug-likeness (QED) is 0.786. The average Bonchev–Trinajstić information content (AvgIpc) is 2.82. The van der Waals surface area contributed by atoms with E-state index >= 15 is 0 Å². The molecule has 0 aliphatic carbocycles. The number of ether oxygens (including phenoxy) is 1. The van der Waals surface area contributed by atoms with E-state index in [9.17, 15) is 0 Å². The van der Waals surface area contributed by atoms with Crippen LogP contribution < -0.4 is 5.32 Å². The minimum atomic E-state index is 0.373. The first-order valence-electron chi connectivity index (χ1n) is 6.83. The summed E-state index contributed by atoms with van der Waals surface area (Å²) >= 11 is 0. The zero-order valence-corrected chi connectivity index (χ0v) is 10.8. The monoisotopic (exact) mass is 226 g/mol. The lowest BCUT2D eigenvalue weighted by molar-refractivity contribution is 0.102. The minimum absolute atomic E-state index is 0.373. The van der Waals surface area contributed by atoms with Gasteiger partial charge in [-0.25, -0.2) is 0 Å². The van der Waals surface area contributed by atoms with Crippen molar-refractivity contribution in [2.24, 2.45) is 5.92 Å². The summed E-state index contributed by atoms with van der Waals surface area (Å²) in [5, 5.41) is 3.71. The van der Waals surface area contributed by atoms with Gasteiger partial charge in [0.1, 0.15) is 0 Å². The van der Waals surface area contributed by atoms with Gasteiger partial charge in [-0.3, -0.25) is 4.90 Å². The molecule has 2 rings (SSSR count). The average molecular weight is 226 g/mol. The van der Waals surface area contributed by atoms with E-state index in [0.717, 1.165) is 25.7 Å². The molecule has 16 heavy (non-hydrogen) atoms. The van der Waals surface area contributed by atoms with Gasteiger partial charge in [-0.2, -0.15) is 0 Å². The maximum atomic E-state index is 5.46. The Bertz CT molecular complexity index is 210. The van der Waals surface area contributed by atoms with E-state index in [1.807, 2.05) is 0 Å². The van der Waals surface area contributed by atoms with Crippen LogP contribution in [-0.2, 0) is 4.74 Å². The predicted molar refractivity (Wildman–Crippen MR) is 66.7 cm³/mol. The van der Waals surface area contributed by atoms with Gasteiger partial charge in [0.25, 0.3) is 0 Å². The molecule has 0 saturated carbocycles. The summed E-state index contributed by atoms with van der Waals surface area (Å²) in [5.74, 6) is 0.782. The number of hydrogen-bond donors (Lipinski definition) is 1. The van der Waals surface area contributed by atoms with Gasteiger partial charge < -0.3 is 10.1 Å². The molecule has 1 atom stereocenters. The molecule has 0 radical (unpaired) electrons. The van der Waals surface area contributed by atoms with Crippen LogP contribution in [0.5, 0.6) is 0 Å². The number of nitrogens with zero attached hydrogens (tertiary/aromatic N) is 1. The molecule has 1 unspecified atom stereocenters. The third-order valence-electron chi connectivity index (χ3n) is 4.35. The van der Waals surface area contributed by atoms with E-state index in [-0.39, 0.29) is 0 Å². The Morgan fingerprint density at radius 3 is 2.81 bits per heavy atom. The molecule has 0 bridgehead atoms. The Morgan fingerprint density at radius 1 is 1.38 bits per heavy atom. The molecule has 94 valence electrons. The van der Waals surface area contributed by atoms with Gasteiger partial charge in [0.05, 0.1) is 6.61 Å². The Labute approximate surface area is 99.5 Å². The fourth-order valence-corrected chi connectivity index (χ4v) is 3.01. The van der Waals surface area contributed by atoms with Crippen LogP contribution >= 0.6 is 0 Å². The van der Waals surface area contributed by atoms with E-state index in [2.05, 4.69) is 24.1 Å². The SMILES string of the molecule is CCC1(CC)CN(CC2CCOC2)CCN1. The van der Waals surface area contributed by atoms with Crippen LogP contribution in [0.2, 0.25) is 0 Å². The van der Waals surface area contributed by atoms with Crippen molar-refractivity contribution in [3.8, 4) is 0 Å². The molecular formula is C13H26N2O. The zero-order chi connectivity index (χ0) is 11.4. The van der Waals surface area contributed by atoms with Gasteiger partial charge in [-0.15, -0.1) is 0 Å². The molecule has 3 nitrogen and oxygen atoms in total. The molecule has 0 aromatic heterocycles. The molecule has 0 amide bonds. The highest BCUT2D eigenvalue weighted by atomic mass is 16.5. The molecular weight excluding hydrogens is 200 g/mol. The Kier molecular flexibility index (Phi) is 4.22. The minimum Gasteiger partial charge on any atom is -0.381 e. The highest BCUT2D eigenvalue weighted by Crippen LogP contribution is 2.22. The van der Waals surface area contributed by atoms with Crippen LogP contribution in [0.4, 0.5) is 0 Å². The first-order valence-corrected chi connectivity index (χ1v) is 6.83. The molecule has 2 heterocycles. The van der Waals surface area contributed by atoms with E-state index in [4.69, 9.17) is 4.74 Å². The van der Waals surface area contributed by atoms with Gasteiger partial charge in [0, 0.05) is 38.3 Å². The van der Waals surface area contributed by atoms with Gasteiger partial charge in [-0.1, -0.05) is 13.8 Å². The molecule has 1 N–H and O–H groups in total. The normalized spacial score (nSPS) is 30.8. The largest absolute Gasteiger partial charge is 0.381 e. The van der Waals surface area contributed by atoms with Crippen molar-refractivity contribution in [1.29, 1.82) is 0 Å². The van der Waals surface area contributed by atoms with Crippen LogP contribution in [0.1, 0.15) is 33.1 Å². The van der Waals surface area contributed by atoms with Crippen molar-refractivity contribution >= 4 is 0 Å². The number of rotatable bonds is 4. The standard InChI is InChI=1S/C13H26N2O/c1-3-13(4-2)11-15(7-6-14-13)9-12-5-8-16-10-12/h12,14H,3-11H2,1-2H3. The maximum Gasteiger partial charge on any atom is 0.0507 e. The smallest absolute Gasteiger partial charge is 0.0507 e. The van der Waals surface area contributed by atoms with Crippen LogP contribution in [-0.4, -0.2) is 49.8 Å². The van der Waals surface area contributed by atoms with Crippen molar-refractivity contribution in [3.05, 3.63) is 0 Å². The van der Waals surface area contributed by atoms with Crippen molar-refractivity contribution in [1.82, 2.24) is 10.2 Å². The van der Waals surface area contributed by atoms with Crippen molar-refractivity contribution in [2.45, 2.75) is 38.6 Å². The Hall–Kier alpha value is -0.120. The number of nitrogens with one attached hydrogen (secondary N) is 1. The van der Waals surface area contributed by atoms with Crippen LogP contribution in [0.3, 0.4) is 0 Å². The van der Waals surface area contributed by atoms with Gasteiger partial charge >= 0.3 is 0 Å². The molecule has 2 saturated heterocycles. The van der Waals surface area contributed by atoms with Gasteiger partial charge in [0.2, 0.25) is 0 Å². The summed E-state index contributed by atoms with van der Waals surface area (Å²) in [6.45, 7) is 11.4. The lowest BCUT2D eigenvalue weighted by Crippen LogP contribution is -2.60. The second-order valence-electron chi connectivity index (χ2n) is 5.38. The summed E-state index contributed by atoms with van der Waals surface area (Å²) < 4.78 is 5.46.